The van der Waals surface area contributed by atoms with Gasteiger partial charge < -0.3 is 79.8 Å². The fourth-order valence-corrected chi connectivity index (χ4v) is 12.7. The predicted octanol–water partition coefficient (Wildman–Crippen LogP) is 14.3. The van der Waals surface area contributed by atoms with Crippen molar-refractivity contribution in [2.24, 2.45) is 93.8 Å². The first-order valence-electron chi connectivity index (χ1n) is 80.8. The average Bonchev–Trinajstić information content (AvgIpc) is 0.673. The van der Waals surface area contributed by atoms with E-state index in [2.05, 4.69) is 0 Å². The standard InChI is InChI=1S/4C24H38N2O4/c4*1-14(2)9-17-13-26-8-7-16-10-21(28-5)22(29-6)11-18(16)19(26)12-20(17)30-24(27)23(25)15(3)4/h4*10-11,14-15,17,19-20,23H,7-9,12-13,25H2,1-6H3/t4*17?,19?,20?,23-/m0000/s1/i1D3,3D3,4D3,7D2,8D2,9D2,10D,11D,14D,15D,19D,20D,23D;2*1D3,3D3,4D3,5D3,7D2,8D2,9D2,10D,11D,14D,15D,19D,23D;1D3,3D3,4D3,7D2,8D2,9D2,10D,11D,14D,15D,19D,23D/t4*14?,17?,19?,20?,23-. The molecule has 0 spiro atoms. The highest BCUT2D eigenvalue weighted by Crippen LogP contribution is 2.50. The molecule has 0 bridgehead atoms. The van der Waals surface area contributed by atoms with E-state index in [1.54, 1.807) is 0 Å². The number of esters is 4. The van der Waals surface area contributed by atoms with Crippen molar-refractivity contribution in [3.05, 3.63) is 92.8 Å². The lowest BCUT2D eigenvalue weighted by molar-refractivity contribution is -0.161. The van der Waals surface area contributed by atoms with Gasteiger partial charge in [0.2, 0.25) is 0 Å². The van der Waals surface area contributed by atoms with Crippen LogP contribution in [0.15, 0.2) is 48.3 Å². The predicted molar refractivity (Wildman–Crippen MR) is 471 cm³/mol. The second kappa shape index (κ2) is 43.9. The number of carbonyl (C=O) groups excluding carboxylic acids is 4. The Balaban J connectivity index is 0.000000303. The molecule has 0 amide bonds. The molecule has 120 heavy (non-hydrogen) atoms. The molecule has 4 fully saturated rings. The zero-order valence-electron chi connectivity index (χ0n) is 157. The van der Waals surface area contributed by atoms with Gasteiger partial charge in [-0.2, -0.15) is 0 Å². The molecule has 8 aliphatic rings. The van der Waals surface area contributed by atoms with Crippen LogP contribution in [-0.2, 0) is 63.6 Å². The van der Waals surface area contributed by atoms with Crippen molar-refractivity contribution in [3.8, 4) is 46.0 Å². The van der Waals surface area contributed by atoms with Crippen LogP contribution in [0.25, 0.3) is 0 Å². The maximum absolute atomic E-state index is 13.8. The molecule has 8 N–H and O–H groups in total. The van der Waals surface area contributed by atoms with Gasteiger partial charge in [0.15, 0.2) is 46.0 Å². The van der Waals surface area contributed by atoms with E-state index in [1.165, 1.54) is 0 Å². The molecule has 8 aliphatic heterocycles. The number of ether oxygens (including phenoxy) is 12. The highest BCUT2D eigenvalue weighted by molar-refractivity contribution is 5.77. The lowest BCUT2D eigenvalue weighted by atomic mass is 9.79. The Kier molecular flexibility index (Phi) is 11.5. The molecular formula is C96H152N8O16. The summed E-state index contributed by atoms with van der Waals surface area (Å²) in [7, 11) is -0.790. The maximum atomic E-state index is 13.8. The summed E-state index contributed by atoms with van der Waals surface area (Å²) in [6.07, 6.45) is -44.0. The van der Waals surface area contributed by atoms with Gasteiger partial charge in [0, 0.05) is 219 Å². The zero-order chi connectivity index (χ0) is 167. The fraction of sp³-hybridized carbons (Fsp3) is 0.708. The zero-order valence-corrected chi connectivity index (χ0v) is 65.8. The van der Waals surface area contributed by atoms with E-state index in [1.807, 2.05) is 0 Å². The van der Waals surface area contributed by atoms with E-state index in [-0.39, 0.29) is 0 Å². The van der Waals surface area contributed by atoms with Gasteiger partial charge in [-0.05, 0) is 191 Å². The third-order valence-electron chi connectivity index (χ3n) is 18.2. The van der Waals surface area contributed by atoms with Gasteiger partial charge in [0.05, 0.1) is 88.3 Å². The Hall–Kier alpha value is -7.16. The Morgan fingerprint density at radius 3 is 0.858 bits per heavy atom. The molecule has 672 valence electrons. The summed E-state index contributed by atoms with van der Waals surface area (Å²) in [4.78, 5) is 56.2. The van der Waals surface area contributed by atoms with E-state index >= 15 is 0 Å². The van der Waals surface area contributed by atoms with Crippen LogP contribution in [0.2, 0.25) is 0 Å². The van der Waals surface area contributed by atoms with Crippen molar-refractivity contribution in [1.82, 2.24) is 19.6 Å². The van der Waals surface area contributed by atoms with Crippen LogP contribution >= 0.6 is 0 Å². The summed E-state index contributed by atoms with van der Waals surface area (Å²) >= 11 is 0. The van der Waals surface area contributed by atoms with Gasteiger partial charge in [0.25, 0.3) is 0 Å². The van der Waals surface area contributed by atoms with E-state index < -0.39 is 531 Å². The van der Waals surface area contributed by atoms with Gasteiger partial charge in [-0.3, -0.25) is 38.8 Å². The van der Waals surface area contributed by atoms with E-state index in [4.69, 9.17) is 198 Å². The van der Waals surface area contributed by atoms with Gasteiger partial charge in [-0.15, -0.1) is 0 Å². The van der Waals surface area contributed by atoms with Crippen molar-refractivity contribution in [2.45, 2.75) is 259 Å². The monoisotopic (exact) mass is 1760 g/mol. The Morgan fingerprint density at radius 1 is 0.375 bits per heavy atom. The number of benzene rings is 4. The van der Waals surface area contributed by atoms with Crippen LogP contribution in [0.3, 0.4) is 0 Å². The van der Waals surface area contributed by atoms with Crippen molar-refractivity contribution in [1.29, 1.82) is 0 Å². The number of hydrogen-bond acceptors (Lipinski definition) is 24. The third-order valence-corrected chi connectivity index (χ3v) is 18.2. The molecule has 0 aliphatic carbocycles. The Labute approximate surface area is 846 Å². The second-order valence-electron chi connectivity index (χ2n) is 26.3. The highest BCUT2D eigenvalue weighted by Gasteiger charge is 2.47. The van der Waals surface area contributed by atoms with Gasteiger partial charge >= 0.3 is 23.9 Å². The summed E-state index contributed by atoms with van der Waals surface area (Å²) < 4.78 is 818. The first-order chi connectivity index (χ1) is 92.3. The number of hydrogen-bond donors (Lipinski definition) is 4. The molecule has 0 radical (unpaired) electrons. The topological polar surface area (TPSA) is 296 Å². The number of rotatable bonds is 28. The lowest BCUT2D eigenvalue weighted by Crippen LogP contribution is -2.51. The number of nitrogens with two attached hydrogens (primary N) is 4. The Bertz CT molecular complexity index is 8040. The van der Waals surface area contributed by atoms with Crippen LogP contribution in [-0.4, -0.2) is 201 Å². The summed E-state index contributed by atoms with van der Waals surface area (Å²) in [6.45, 7) is -63.1. The van der Waals surface area contributed by atoms with Gasteiger partial charge in [-0.25, -0.2) is 0 Å². The van der Waals surface area contributed by atoms with Crippen LogP contribution in [0.1, 0.15) is 354 Å². The van der Waals surface area contributed by atoms with Gasteiger partial charge in [-0.1, -0.05) is 110 Å². The number of piperidine rings is 4. The molecule has 24 heteroatoms. The van der Waals surface area contributed by atoms with E-state index in [0.29, 0.717) is 47.3 Å². The van der Waals surface area contributed by atoms with Crippen molar-refractivity contribution >= 4 is 23.9 Å². The molecule has 16 unspecified atom stereocenters. The van der Waals surface area contributed by atoms with Crippen LogP contribution in [0.4, 0.5) is 0 Å². The quantitative estimate of drug-likeness (QED) is 0.0303. The fourth-order valence-electron chi connectivity index (χ4n) is 12.7. The second-order valence-corrected chi connectivity index (χ2v) is 26.3. The average molecular weight is 1770 g/mol. The molecule has 20 atom stereocenters. The number of methoxy groups -OCH3 is 8. The van der Waals surface area contributed by atoms with E-state index in [0.717, 1.165) is 42.7 Å². The number of fused-ring (bicyclic) bond motifs is 12. The minimum absolute atomic E-state index is 0.292. The minimum atomic E-state index is -4.21. The molecule has 24 nitrogen and oxygen atoms in total. The highest BCUT2D eigenvalue weighted by atomic mass is 16.6. The first kappa shape index (κ1) is 31.5. The molecule has 4 aromatic carbocycles. The van der Waals surface area contributed by atoms with Crippen molar-refractivity contribution in [3.63, 3.8) is 0 Å². The molecule has 0 aromatic heterocycles. The smallest absolute Gasteiger partial charge is 0.323 e. The maximum Gasteiger partial charge on any atom is 0.323 e. The molecule has 12 rings (SSSR count). The van der Waals surface area contributed by atoms with Crippen molar-refractivity contribution in [2.75, 3.05) is 109 Å². The van der Waals surface area contributed by atoms with Crippen LogP contribution in [0.5, 0.6) is 46.0 Å². The number of carbonyl (C=O) groups is 4. The minimum Gasteiger partial charge on any atom is -0.493 e. The summed E-state index contributed by atoms with van der Waals surface area (Å²) in [5.41, 5.74) is 15.1. The first-order valence-corrected chi connectivity index (χ1v) is 35.3. The van der Waals surface area contributed by atoms with Crippen LogP contribution in [0, 0.1) is 70.8 Å². The van der Waals surface area contributed by atoms with Crippen LogP contribution < -0.4 is 60.8 Å². The van der Waals surface area contributed by atoms with Gasteiger partial charge in [0.1, 0.15) is 48.5 Å². The third kappa shape index (κ3) is 23.8. The normalized spacial score (nSPS) is 47.8. The van der Waals surface area contributed by atoms with Crippen molar-refractivity contribution < 1.29 is 201 Å². The van der Waals surface area contributed by atoms with E-state index in [9.17, 15) is 26.0 Å². The molecule has 4 saturated heterocycles. The SMILES string of the molecule is [2H]c1c(OC)c(OC([2H])([2H])[2H])c([2H])c2c1C1([2H])CC(OC(=O)[C@@]([2H])(N)C([2H])(C([2H])([2H])[2H])C([2H])([2H])[2H])C(C([2H])([2H])C([2H])(C)C([2H])([2H])[2H])CN1C([2H])([2H])C2([2H])[2H].[2H]c1c(OC)c(OC([2H])([2H])[2H])c([2H])c2c1C1([2H])CC(OC(=O)[C@@]([2H])(N)C([2H])(C([2H])([2H])[2H])C([2H])([2H])[2H])C(C([2H])([2H])C([2H])(C)C([2H])([2H])[2H])CN1C([2H])([2H])C2([2H])[2H].[2H]c1c(OC)c(OC)c([2H])c2c1C1([2H])CC(OC(=O)[C@@]([2H])(N)C([2H])(C([2H])([2H])[2H])C([2H])([2H])[2H])C(C([2H])([2H])C([2H])(C)C([2H])([2H])[2H])CN1C([2H])([2H])C2([2H])[2H].[2H]c1c(OC)c(OC)c([2H])c2c1C1([2H])CC([2H])(OC(=O)[C@@]([2H])(N)C([2H])(C([2H])([2H])[2H])C([2H])([2H])[2H])C(C([2H])([2H])C([2H])(C)C([2H])([2H])[2H])CN1C([2H])([2H])C2([2H])[2H]. The number of nitrogens with zero attached hydrogens (tertiary/aromatic N) is 4. The summed E-state index contributed by atoms with van der Waals surface area (Å²) in [6, 6.07) is -36.3. The summed E-state index contributed by atoms with van der Waals surface area (Å²) in [5.74, 6) is -54.4. The molecule has 0 saturated carbocycles. The molecule has 4 aromatic rings. The molecular weight excluding hydrogens is 1520 g/mol. The molecule has 8 heterocycles. The largest absolute Gasteiger partial charge is 0.493 e. The summed E-state index contributed by atoms with van der Waals surface area (Å²) in [5, 5.41) is 0. The lowest BCUT2D eigenvalue weighted by Gasteiger charge is -2.47. The Morgan fingerprint density at radius 2 is 0.608 bits per heavy atom.